The summed E-state index contributed by atoms with van der Waals surface area (Å²) in [5, 5.41) is 13.9. The Morgan fingerprint density at radius 3 is 2.50 bits per heavy atom. The summed E-state index contributed by atoms with van der Waals surface area (Å²) in [4.78, 5) is 12.7. The van der Waals surface area contributed by atoms with E-state index in [4.69, 9.17) is 9.47 Å². The Hall–Kier alpha value is -2.86. The molecule has 0 bridgehead atoms. The van der Waals surface area contributed by atoms with Gasteiger partial charge in [0.15, 0.2) is 11.6 Å². The topological polar surface area (TPSA) is 67.8 Å². The van der Waals surface area contributed by atoms with Gasteiger partial charge in [-0.2, -0.15) is 0 Å². The van der Waals surface area contributed by atoms with E-state index in [1.54, 1.807) is 12.1 Å². The van der Waals surface area contributed by atoms with Crippen molar-refractivity contribution in [3.63, 3.8) is 0 Å². The van der Waals surface area contributed by atoms with E-state index in [1.165, 1.54) is 13.2 Å². The van der Waals surface area contributed by atoms with E-state index >= 15 is 0 Å². The molecule has 4 rings (SSSR count). The van der Waals surface area contributed by atoms with Crippen LogP contribution in [0.25, 0.3) is 16.7 Å². The fourth-order valence-corrected chi connectivity index (χ4v) is 3.93. The lowest BCUT2D eigenvalue weighted by Crippen LogP contribution is -2.48. The van der Waals surface area contributed by atoms with E-state index < -0.39 is 11.4 Å². The molecule has 146 valence electrons. The molecule has 0 aromatic heterocycles. The number of carbonyl (C=O) groups is 1. The largest absolute Gasteiger partial charge is 0.509 e. The number of benzene rings is 2. The zero-order valence-electron chi connectivity index (χ0n) is 15.8. The molecular formula is C22H22FNO4. The normalized spacial score (nSPS) is 18.5. The first-order valence-corrected chi connectivity index (χ1v) is 9.24. The highest BCUT2D eigenvalue weighted by Gasteiger charge is 2.47. The van der Waals surface area contributed by atoms with Gasteiger partial charge in [0, 0.05) is 26.1 Å². The number of methoxy groups -OCH3 is 1. The maximum atomic E-state index is 14.1. The van der Waals surface area contributed by atoms with Crippen LogP contribution in [0.4, 0.5) is 4.39 Å². The van der Waals surface area contributed by atoms with Crippen LogP contribution in [0.1, 0.15) is 24.0 Å². The minimum atomic E-state index is -0.751. The zero-order chi connectivity index (χ0) is 19.9. The lowest BCUT2D eigenvalue weighted by atomic mass is 9.87. The van der Waals surface area contributed by atoms with Crippen LogP contribution in [0.5, 0.6) is 5.75 Å². The third kappa shape index (κ3) is 2.94. The Morgan fingerprint density at radius 1 is 1.14 bits per heavy atom. The van der Waals surface area contributed by atoms with Gasteiger partial charge in [-0.25, -0.2) is 4.39 Å². The molecule has 1 amide bonds. The standard InChI is InChI=1S/C22H22FNO4/c1-13-3-4-14(15-5-6-18(27-2)17(23)12-15)11-16(13)19-20(25)22(24-21(19)26)7-9-28-10-8-22/h3-6,11-12,25H,7-10H2,1-2H3,(H,24,26). The summed E-state index contributed by atoms with van der Waals surface area (Å²) in [7, 11) is 1.42. The second kappa shape index (κ2) is 6.95. The van der Waals surface area contributed by atoms with Crippen molar-refractivity contribution in [3.8, 4) is 16.9 Å². The first kappa shape index (κ1) is 18.5. The van der Waals surface area contributed by atoms with Crippen molar-refractivity contribution in [2.24, 2.45) is 0 Å². The highest BCUT2D eigenvalue weighted by atomic mass is 19.1. The SMILES string of the molecule is COc1ccc(-c2ccc(C)c(C3=C(O)C4(CCOCC4)NC3=O)c2)cc1F. The Labute approximate surface area is 162 Å². The molecule has 1 saturated heterocycles. The number of aryl methyl sites for hydroxylation is 1. The molecule has 2 aliphatic rings. The molecule has 1 spiro atoms. The fraction of sp³-hybridized carbons (Fsp3) is 0.318. The van der Waals surface area contributed by atoms with Crippen molar-refractivity contribution in [1.29, 1.82) is 0 Å². The number of halogens is 1. The third-order valence-corrected chi connectivity index (χ3v) is 5.61. The predicted molar refractivity (Wildman–Crippen MR) is 104 cm³/mol. The number of hydrogen-bond acceptors (Lipinski definition) is 4. The number of carbonyl (C=O) groups excluding carboxylic acids is 1. The lowest BCUT2D eigenvalue weighted by molar-refractivity contribution is -0.117. The molecule has 2 aromatic rings. The average molecular weight is 383 g/mol. The maximum Gasteiger partial charge on any atom is 0.256 e. The molecule has 2 N–H and O–H groups in total. The van der Waals surface area contributed by atoms with Crippen molar-refractivity contribution in [3.05, 3.63) is 59.1 Å². The Morgan fingerprint density at radius 2 is 1.82 bits per heavy atom. The van der Waals surface area contributed by atoms with Crippen LogP contribution < -0.4 is 10.1 Å². The summed E-state index contributed by atoms with van der Waals surface area (Å²) < 4.78 is 24.5. The van der Waals surface area contributed by atoms with Crippen LogP contribution in [0.3, 0.4) is 0 Å². The molecule has 1 fully saturated rings. The van der Waals surface area contributed by atoms with Crippen molar-refractivity contribution >= 4 is 11.5 Å². The first-order valence-electron chi connectivity index (χ1n) is 9.24. The zero-order valence-corrected chi connectivity index (χ0v) is 15.8. The monoisotopic (exact) mass is 383 g/mol. The van der Waals surface area contributed by atoms with Gasteiger partial charge >= 0.3 is 0 Å². The minimum Gasteiger partial charge on any atom is -0.509 e. The van der Waals surface area contributed by atoms with Crippen molar-refractivity contribution < 1.29 is 23.8 Å². The Kier molecular flexibility index (Phi) is 4.59. The summed E-state index contributed by atoms with van der Waals surface area (Å²) in [5.74, 6) is -0.500. The van der Waals surface area contributed by atoms with Gasteiger partial charge in [0.25, 0.3) is 5.91 Å². The van der Waals surface area contributed by atoms with E-state index in [9.17, 15) is 14.3 Å². The van der Waals surface area contributed by atoms with Gasteiger partial charge in [0.1, 0.15) is 11.3 Å². The molecule has 0 saturated carbocycles. The van der Waals surface area contributed by atoms with Crippen molar-refractivity contribution in [2.45, 2.75) is 25.3 Å². The highest BCUT2D eigenvalue weighted by Crippen LogP contribution is 2.40. The molecule has 28 heavy (non-hydrogen) atoms. The number of ether oxygens (including phenoxy) is 2. The predicted octanol–water partition coefficient (Wildman–Crippen LogP) is 3.76. The van der Waals surface area contributed by atoms with Gasteiger partial charge in [-0.3, -0.25) is 4.79 Å². The van der Waals surface area contributed by atoms with E-state index in [0.717, 1.165) is 11.1 Å². The Bertz CT molecular complexity index is 976. The second-order valence-corrected chi connectivity index (χ2v) is 7.25. The van der Waals surface area contributed by atoms with Gasteiger partial charge in [-0.1, -0.05) is 18.2 Å². The molecular weight excluding hydrogens is 361 g/mol. The van der Waals surface area contributed by atoms with E-state index in [2.05, 4.69) is 5.32 Å². The van der Waals surface area contributed by atoms with Crippen molar-refractivity contribution in [2.75, 3.05) is 20.3 Å². The van der Waals surface area contributed by atoms with Gasteiger partial charge < -0.3 is 19.9 Å². The second-order valence-electron chi connectivity index (χ2n) is 7.25. The number of amides is 1. The summed E-state index contributed by atoms with van der Waals surface area (Å²) in [5.41, 5.74) is 2.46. The number of aliphatic hydroxyl groups is 1. The maximum absolute atomic E-state index is 14.1. The molecule has 0 aliphatic carbocycles. The number of aliphatic hydroxyl groups excluding tert-OH is 1. The van der Waals surface area contributed by atoms with Crippen LogP contribution in [0.2, 0.25) is 0 Å². The molecule has 2 aromatic carbocycles. The summed E-state index contributed by atoms with van der Waals surface area (Å²) in [6.07, 6.45) is 1.08. The average Bonchev–Trinajstić information content (AvgIpc) is 2.92. The lowest BCUT2D eigenvalue weighted by Gasteiger charge is -2.33. The number of nitrogens with one attached hydrogen (secondary N) is 1. The van der Waals surface area contributed by atoms with Crippen LogP contribution in [-0.4, -0.2) is 36.9 Å². The van der Waals surface area contributed by atoms with Gasteiger partial charge in [-0.05, 0) is 47.4 Å². The molecule has 5 nitrogen and oxygen atoms in total. The molecule has 2 heterocycles. The quantitative estimate of drug-likeness (QED) is 0.847. The summed E-state index contributed by atoms with van der Waals surface area (Å²) in [6.45, 7) is 2.86. The summed E-state index contributed by atoms with van der Waals surface area (Å²) >= 11 is 0. The van der Waals surface area contributed by atoms with Gasteiger partial charge in [-0.15, -0.1) is 0 Å². The Balaban J connectivity index is 1.79. The first-order chi connectivity index (χ1) is 13.4. The van der Waals surface area contributed by atoms with Gasteiger partial charge in [0.05, 0.1) is 12.7 Å². The smallest absolute Gasteiger partial charge is 0.256 e. The molecule has 0 unspecified atom stereocenters. The molecule has 0 atom stereocenters. The van der Waals surface area contributed by atoms with Crippen LogP contribution in [0, 0.1) is 12.7 Å². The molecule has 6 heteroatoms. The van der Waals surface area contributed by atoms with Crippen LogP contribution >= 0.6 is 0 Å². The fourth-order valence-electron chi connectivity index (χ4n) is 3.93. The summed E-state index contributed by atoms with van der Waals surface area (Å²) in [6, 6.07) is 10.3. The van der Waals surface area contributed by atoms with Crippen molar-refractivity contribution in [1.82, 2.24) is 5.32 Å². The van der Waals surface area contributed by atoms with E-state index in [1.807, 2.05) is 25.1 Å². The third-order valence-electron chi connectivity index (χ3n) is 5.61. The number of rotatable bonds is 3. The molecule has 0 radical (unpaired) electrons. The minimum absolute atomic E-state index is 0.0713. The highest BCUT2D eigenvalue weighted by molar-refractivity contribution is 6.23. The van der Waals surface area contributed by atoms with Crippen LogP contribution in [0.15, 0.2) is 42.2 Å². The van der Waals surface area contributed by atoms with E-state index in [-0.39, 0.29) is 23.0 Å². The van der Waals surface area contributed by atoms with E-state index in [0.29, 0.717) is 37.2 Å². The van der Waals surface area contributed by atoms with Gasteiger partial charge in [0.2, 0.25) is 0 Å². The number of hydrogen-bond donors (Lipinski definition) is 2. The molecule has 2 aliphatic heterocycles. The van der Waals surface area contributed by atoms with Crippen LogP contribution in [-0.2, 0) is 9.53 Å².